The van der Waals surface area contributed by atoms with E-state index in [1.165, 1.54) is 38.9 Å². The predicted octanol–water partition coefficient (Wildman–Crippen LogP) is 2.49. The summed E-state index contributed by atoms with van der Waals surface area (Å²) >= 11 is 0. The van der Waals surface area contributed by atoms with E-state index in [1.54, 1.807) is 0 Å². The van der Waals surface area contributed by atoms with E-state index in [-0.39, 0.29) is 0 Å². The van der Waals surface area contributed by atoms with E-state index in [4.69, 9.17) is 0 Å². The molecule has 1 heterocycles. The Labute approximate surface area is 95.4 Å². The lowest BCUT2D eigenvalue weighted by Crippen LogP contribution is -2.45. The maximum atomic E-state index is 3.71. The first-order chi connectivity index (χ1) is 7.13. The number of nitrogens with one attached hydrogen (secondary N) is 1. The van der Waals surface area contributed by atoms with Gasteiger partial charge in [-0.25, -0.2) is 0 Å². The molecule has 1 unspecified atom stereocenters. The van der Waals surface area contributed by atoms with Crippen molar-refractivity contribution in [3.8, 4) is 0 Å². The van der Waals surface area contributed by atoms with Gasteiger partial charge in [-0.05, 0) is 52.2 Å². The molecular formula is C13H28N2. The van der Waals surface area contributed by atoms with Gasteiger partial charge in [-0.15, -0.1) is 0 Å². The van der Waals surface area contributed by atoms with Crippen LogP contribution in [0.3, 0.4) is 0 Å². The summed E-state index contributed by atoms with van der Waals surface area (Å²) in [6.45, 7) is 12.9. The fraction of sp³-hybridized carbons (Fsp3) is 1.00. The Morgan fingerprint density at radius 3 is 2.27 bits per heavy atom. The number of rotatable bonds is 5. The van der Waals surface area contributed by atoms with Crippen LogP contribution in [0.4, 0.5) is 0 Å². The van der Waals surface area contributed by atoms with Crippen molar-refractivity contribution in [2.24, 2.45) is 5.92 Å². The molecular weight excluding hydrogens is 184 g/mol. The Balaban J connectivity index is 2.14. The summed E-state index contributed by atoms with van der Waals surface area (Å²) in [5, 5.41) is 3.71. The molecule has 0 aromatic heterocycles. The zero-order valence-corrected chi connectivity index (χ0v) is 10.9. The van der Waals surface area contributed by atoms with Gasteiger partial charge in [-0.3, -0.25) is 0 Å². The van der Waals surface area contributed by atoms with Crippen LogP contribution in [0.2, 0.25) is 0 Å². The molecule has 2 heteroatoms. The fourth-order valence-corrected chi connectivity index (χ4v) is 2.13. The largest absolute Gasteiger partial charge is 0.314 e. The normalized spacial score (nSPS) is 22.2. The van der Waals surface area contributed by atoms with Crippen LogP contribution in [0.25, 0.3) is 0 Å². The highest BCUT2D eigenvalue weighted by atomic mass is 15.2. The van der Waals surface area contributed by atoms with Gasteiger partial charge in [-0.2, -0.15) is 0 Å². The van der Waals surface area contributed by atoms with E-state index in [9.17, 15) is 0 Å². The predicted molar refractivity (Wildman–Crippen MR) is 67.2 cm³/mol. The zero-order valence-electron chi connectivity index (χ0n) is 10.9. The summed E-state index contributed by atoms with van der Waals surface area (Å²) in [4.78, 5) is 2.58. The van der Waals surface area contributed by atoms with Crippen molar-refractivity contribution in [3.63, 3.8) is 0 Å². The van der Waals surface area contributed by atoms with Crippen LogP contribution in [0.1, 0.15) is 47.0 Å². The molecule has 90 valence electrons. The Morgan fingerprint density at radius 1 is 1.20 bits per heavy atom. The van der Waals surface area contributed by atoms with Crippen LogP contribution in [0, 0.1) is 5.92 Å². The molecule has 0 bridgehead atoms. The third-order valence-electron chi connectivity index (χ3n) is 3.71. The van der Waals surface area contributed by atoms with Crippen LogP contribution in [0.5, 0.6) is 0 Å². The number of hydrogen-bond acceptors (Lipinski definition) is 2. The van der Waals surface area contributed by atoms with E-state index < -0.39 is 0 Å². The average Bonchev–Trinajstić information content (AvgIpc) is 2.26. The summed E-state index contributed by atoms with van der Waals surface area (Å²) in [5.74, 6) is 0.827. The van der Waals surface area contributed by atoms with E-state index >= 15 is 0 Å². The van der Waals surface area contributed by atoms with Crippen molar-refractivity contribution in [2.45, 2.75) is 59.0 Å². The highest BCUT2D eigenvalue weighted by Crippen LogP contribution is 2.13. The highest BCUT2D eigenvalue weighted by Gasteiger charge is 2.20. The Kier molecular flexibility index (Phi) is 5.62. The standard InChI is InChI=1S/C13H28N2/c1-5-12(4)10-14-13-6-8-15(9-7-13)11(2)3/h11-14H,5-10H2,1-4H3. The van der Waals surface area contributed by atoms with Crippen molar-refractivity contribution in [1.29, 1.82) is 0 Å². The Hall–Kier alpha value is -0.0800. The highest BCUT2D eigenvalue weighted by molar-refractivity contribution is 4.79. The van der Waals surface area contributed by atoms with Crippen molar-refractivity contribution < 1.29 is 0 Å². The molecule has 1 aliphatic rings. The van der Waals surface area contributed by atoms with Gasteiger partial charge < -0.3 is 10.2 Å². The molecule has 0 spiro atoms. The van der Waals surface area contributed by atoms with Gasteiger partial charge in [0.25, 0.3) is 0 Å². The fourth-order valence-electron chi connectivity index (χ4n) is 2.13. The summed E-state index contributed by atoms with van der Waals surface area (Å²) in [6.07, 6.45) is 3.95. The molecule has 0 aromatic carbocycles. The van der Waals surface area contributed by atoms with Gasteiger partial charge in [0, 0.05) is 12.1 Å². The first-order valence-corrected chi connectivity index (χ1v) is 6.61. The molecule has 1 fully saturated rings. The average molecular weight is 212 g/mol. The lowest BCUT2D eigenvalue weighted by Gasteiger charge is -2.35. The molecule has 0 radical (unpaired) electrons. The van der Waals surface area contributed by atoms with E-state index in [0.717, 1.165) is 18.0 Å². The Morgan fingerprint density at radius 2 is 1.80 bits per heavy atom. The lowest BCUT2D eigenvalue weighted by atomic mass is 10.0. The van der Waals surface area contributed by atoms with E-state index in [2.05, 4.69) is 37.9 Å². The van der Waals surface area contributed by atoms with Crippen molar-refractivity contribution >= 4 is 0 Å². The molecule has 0 aliphatic carbocycles. The summed E-state index contributed by atoms with van der Waals surface area (Å²) in [7, 11) is 0. The molecule has 15 heavy (non-hydrogen) atoms. The van der Waals surface area contributed by atoms with E-state index in [1.807, 2.05) is 0 Å². The first-order valence-electron chi connectivity index (χ1n) is 6.61. The van der Waals surface area contributed by atoms with Crippen molar-refractivity contribution in [2.75, 3.05) is 19.6 Å². The van der Waals surface area contributed by atoms with Gasteiger partial charge in [0.05, 0.1) is 0 Å². The topological polar surface area (TPSA) is 15.3 Å². The van der Waals surface area contributed by atoms with Crippen LogP contribution in [-0.4, -0.2) is 36.6 Å². The maximum absolute atomic E-state index is 3.71. The van der Waals surface area contributed by atoms with Gasteiger partial charge in [-0.1, -0.05) is 20.3 Å². The SMILES string of the molecule is CCC(C)CNC1CCN(C(C)C)CC1. The zero-order chi connectivity index (χ0) is 11.3. The number of piperidine rings is 1. The monoisotopic (exact) mass is 212 g/mol. The van der Waals surface area contributed by atoms with E-state index in [0.29, 0.717) is 0 Å². The molecule has 1 atom stereocenters. The lowest BCUT2D eigenvalue weighted by molar-refractivity contribution is 0.159. The molecule has 1 saturated heterocycles. The van der Waals surface area contributed by atoms with Gasteiger partial charge in [0.2, 0.25) is 0 Å². The number of nitrogens with zero attached hydrogens (tertiary/aromatic N) is 1. The van der Waals surface area contributed by atoms with Crippen molar-refractivity contribution in [3.05, 3.63) is 0 Å². The molecule has 0 amide bonds. The Bertz CT molecular complexity index is 160. The summed E-state index contributed by atoms with van der Waals surface area (Å²) < 4.78 is 0. The summed E-state index contributed by atoms with van der Waals surface area (Å²) in [6, 6.07) is 1.49. The quantitative estimate of drug-likeness (QED) is 0.753. The second kappa shape index (κ2) is 6.49. The molecule has 0 aromatic rings. The first kappa shape index (κ1) is 13.0. The second-order valence-electron chi connectivity index (χ2n) is 5.33. The molecule has 1 N–H and O–H groups in total. The van der Waals surface area contributed by atoms with Crippen LogP contribution in [-0.2, 0) is 0 Å². The molecule has 1 rings (SSSR count). The minimum Gasteiger partial charge on any atom is -0.314 e. The third kappa shape index (κ3) is 4.52. The molecule has 2 nitrogen and oxygen atoms in total. The second-order valence-corrected chi connectivity index (χ2v) is 5.33. The number of hydrogen-bond donors (Lipinski definition) is 1. The smallest absolute Gasteiger partial charge is 0.00915 e. The summed E-state index contributed by atoms with van der Waals surface area (Å²) in [5.41, 5.74) is 0. The van der Waals surface area contributed by atoms with Crippen LogP contribution < -0.4 is 5.32 Å². The van der Waals surface area contributed by atoms with Crippen molar-refractivity contribution in [1.82, 2.24) is 10.2 Å². The van der Waals surface area contributed by atoms with Crippen LogP contribution >= 0.6 is 0 Å². The minimum absolute atomic E-state index is 0.723. The van der Waals surface area contributed by atoms with Gasteiger partial charge >= 0.3 is 0 Å². The maximum Gasteiger partial charge on any atom is 0.00915 e. The number of likely N-dealkylation sites (tertiary alicyclic amines) is 1. The van der Waals surface area contributed by atoms with Crippen LogP contribution in [0.15, 0.2) is 0 Å². The minimum atomic E-state index is 0.723. The third-order valence-corrected chi connectivity index (χ3v) is 3.71. The molecule has 1 aliphatic heterocycles. The van der Waals surface area contributed by atoms with Gasteiger partial charge in [0.15, 0.2) is 0 Å². The molecule has 0 saturated carbocycles. The van der Waals surface area contributed by atoms with Gasteiger partial charge in [0.1, 0.15) is 0 Å².